The summed E-state index contributed by atoms with van der Waals surface area (Å²) in [5.41, 5.74) is 9.72. The van der Waals surface area contributed by atoms with Crippen LogP contribution in [-0.2, 0) is 0 Å². The van der Waals surface area contributed by atoms with Crippen LogP contribution in [0.3, 0.4) is 0 Å². The number of nitrogens with zero attached hydrogens (tertiary/aromatic N) is 4. The largest absolute Gasteiger partial charge is 0.366 e. The van der Waals surface area contributed by atoms with E-state index in [2.05, 4.69) is 38.8 Å². The standard InChI is InChI=1S/C11H11N5S/c1-6-7(2)10-16(3-4-17-10)9(6)8-5-13-11(12)15-14-8/h3-5H,1-2H3,(H2,12,13,15). The molecule has 0 unspecified atom stereocenters. The number of hydrogen-bond acceptors (Lipinski definition) is 5. The third kappa shape index (κ3) is 1.41. The fraction of sp³-hybridized carbons (Fsp3) is 0.182. The van der Waals surface area contributed by atoms with Crippen molar-refractivity contribution in [1.82, 2.24) is 19.6 Å². The predicted molar refractivity (Wildman–Crippen MR) is 68.0 cm³/mol. The number of hydrogen-bond donors (Lipinski definition) is 1. The first-order valence-corrected chi connectivity index (χ1v) is 6.06. The van der Waals surface area contributed by atoms with Crippen LogP contribution in [0.25, 0.3) is 16.2 Å². The lowest BCUT2D eigenvalue weighted by Gasteiger charge is -2.00. The summed E-state index contributed by atoms with van der Waals surface area (Å²) < 4.78 is 2.12. The zero-order valence-electron chi connectivity index (χ0n) is 9.51. The zero-order chi connectivity index (χ0) is 12.0. The summed E-state index contributed by atoms with van der Waals surface area (Å²) in [7, 11) is 0. The number of nitrogens with two attached hydrogens (primary N) is 1. The Morgan fingerprint density at radius 3 is 2.76 bits per heavy atom. The minimum absolute atomic E-state index is 0.196. The molecule has 0 bridgehead atoms. The van der Waals surface area contributed by atoms with Gasteiger partial charge in [-0.1, -0.05) is 0 Å². The van der Waals surface area contributed by atoms with Crippen molar-refractivity contribution in [3.63, 3.8) is 0 Å². The zero-order valence-corrected chi connectivity index (χ0v) is 10.3. The van der Waals surface area contributed by atoms with Crippen LogP contribution in [0.15, 0.2) is 17.8 Å². The molecule has 3 rings (SSSR count). The quantitative estimate of drug-likeness (QED) is 0.712. The molecule has 0 amide bonds. The molecule has 0 aliphatic carbocycles. The minimum Gasteiger partial charge on any atom is -0.366 e. The summed E-state index contributed by atoms with van der Waals surface area (Å²) in [5.74, 6) is 0.196. The lowest BCUT2D eigenvalue weighted by molar-refractivity contribution is 0.980. The Hall–Kier alpha value is -1.95. The molecule has 2 N–H and O–H groups in total. The fourth-order valence-corrected chi connectivity index (χ4v) is 2.86. The summed E-state index contributed by atoms with van der Waals surface area (Å²) in [5, 5.41) is 9.96. The third-order valence-electron chi connectivity index (χ3n) is 2.91. The molecule has 0 fully saturated rings. The van der Waals surface area contributed by atoms with E-state index in [1.165, 1.54) is 16.0 Å². The molecule has 0 aromatic carbocycles. The Bertz CT molecular complexity index is 680. The number of rotatable bonds is 1. The first-order chi connectivity index (χ1) is 8.18. The Morgan fingerprint density at radius 1 is 1.24 bits per heavy atom. The molecule has 0 radical (unpaired) electrons. The smallest absolute Gasteiger partial charge is 0.240 e. The number of aromatic nitrogens is 4. The van der Waals surface area contributed by atoms with Crippen molar-refractivity contribution in [3.05, 3.63) is 28.9 Å². The highest BCUT2D eigenvalue weighted by molar-refractivity contribution is 7.15. The Balaban J connectivity index is 2.32. The van der Waals surface area contributed by atoms with Crippen LogP contribution >= 0.6 is 11.3 Å². The number of nitrogen functional groups attached to an aromatic ring is 1. The van der Waals surface area contributed by atoms with Gasteiger partial charge in [0.05, 0.1) is 11.9 Å². The Kier molecular flexibility index (Phi) is 2.12. The highest BCUT2D eigenvalue weighted by atomic mass is 32.1. The molecule has 0 spiro atoms. The van der Waals surface area contributed by atoms with Gasteiger partial charge in [-0.25, -0.2) is 4.98 Å². The van der Waals surface area contributed by atoms with Gasteiger partial charge in [-0.15, -0.1) is 21.5 Å². The van der Waals surface area contributed by atoms with Crippen molar-refractivity contribution >= 4 is 22.1 Å². The van der Waals surface area contributed by atoms with Crippen LogP contribution in [0.1, 0.15) is 11.1 Å². The molecule has 0 saturated carbocycles. The summed E-state index contributed by atoms with van der Waals surface area (Å²) in [6.45, 7) is 4.20. The maximum Gasteiger partial charge on any atom is 0.240 e. The molecule has 6 heteroatoms. The average molecular weight is 245 g/mol. The summed E-state index contributed by atoms with van der Waals surface area (Å²) in [6.07, 6.45) is 3.70. The molecular weight excluding hydrogens is 234 g/mol. The number of anilines is 1. The average Bonchev–Trinajstić information content (AvgIpc) is 2.87. The van der Waals surface area contributed by atoms with Gasteiger partial charge >= 0.3 is 0 Å². The first kappa shape index (κ1) is 10.2. The lowest BCUT2D eigenvalue weighted by Crippen LogP contribution is -1.99. The maximum absolute atomic E-state index is 5.45. The van der Waals surface area contributed by atoms with Gasteiger partial charge < -0.3 is 10.1 Å². The van der Waals surface area contributed by atoms with Gasteiger partial charge in [-0.3, -0.25) is 0 Å². The van der Waals surface area contributed by atoms with Crippen molar-refractivity contribution in [2.75, 3.05) is 5.73 Å². The van der Waals surface area contributed by atoms with Crippen LogP contribution in [0.4, 0.5) is 5.95 Å². The second kappa shape index (κ2) is 3.53. The van der Waals surface area contributed by atoms with E-state index in [-0.39, 0.29) is 5.95 Å². The van der Waals surface area contributed by atoms with E-state index in [1.54, 1.807) is 17.5 Å². The highest BCUT2D eigenvalue weighted by Gasteiger charge is 2.15. The molecule has 17 heavy (non-hydrogen) atoms. The van der Waals surface area contributed by atoms with Crippen LogP contribution in [0.2, 0.25) is 0 Å². The van der Waals surface area contributed by atoms with Crippen molar-refractivity contribution in [1.29, 1.82) is 0 Å². The second-order valence-electron chi connectivity index (χ2n) is 3.88. The minimum atomic E-state index is 0.196. The normalized spacial score (nSPS) is 11.2. The van der Waals surface area contributed by atoms with E-state index in [0.29, 0.717) is 0 Å². The van der Waals surface area contributed by atoms with Gasteiger partial charge in [-0.2, -0.15) is 0 Å². The van der Waals surface area contributed by atoms with Crippen LogP contribution in [0, 0.1) is 13.8 Å². The lowest BCUT2D eigenvalue weighted by atomic mass is 10.1. The van der Waals surface area contributed by atoms with E-state index < -0.39 is 0 Å². The van der Waals surface area contributed by atoms with E-state index in [0.717, 1.165) is 11.4 Å². The summed E-state index contributed by atoms with van der Waals surface area (Å²) in [6, 6.07) is 0. The van der Waals surface area contributed by atoms with Crippen LogP contribution in [0.5, 0.6) is 0 Å². The molecule has 0 aliphatic heterocycles. The maximum atomic E-state index is 5.45. The Labute approximate surface area is 102 Å². The van der Waals surface area contributed by atoms with Gasteiger partial charge in [0.15, 0.2) is 0 Å². The number of aryl methyl sites for hydroxylation is 1. The first-order valence-electron chi connectivity index (χ1n) is 5.18. The fourth-order valence-electron chi connectivity index (χ4n) is 1.95. The molecule has 0 aliphatic rings. The Morgan fingerprint density at radius 2 is 2.06 bits per heavy atom. The molecule has 86 valence electrons. The van der Waals surface area contributed by atoms with Crippen molar-refractivity contribution in [2.24, 2.45) is 0 Å². The van der Waals surface area contributed by atoms with Gasteiger partial charge in [-0.05, 0) is 25.0 Å². The molecule has 3 heterocycles. The van der Waals surface area contributed by atoms with Gasteiger partial charge in [0, 0.05) is 11.6 Å². The van der Waals surface area contributed by atoms with E-state index >= 15 is 0 Å². The number of fused-ring (bicyclic) bond motifs is 1. The van der Waals surface area contributed by atoms with Crippen molar-refractivity contribution < 1.29 is 0 Å². The van der Waals surface area contributed by atoms with Gasteiger partial charge in [0.1, 0.15) is 10.5 Å². The highest BCUT2D eigenvalue weighted by Crippen LogP contribution is 2.31. The molecule has 0 atom stereocenters. The van der Waals surface area contributed by atoms with E-state index in [4.69, 9.17) is 5.73 Å². The molecule has 3 aromatic rings. The predicted octanol–water partition coefficient (Wildman–Crippen LogP) is 2.05. The number of thiazole rings is 1. The summed E-state index contributed by atoms with van der Waals surface area (Å²) >= 11 is 1.72. The van der Waals surface area contributed by atoms with Crippen molar-refractivity contribution in [3.8, 4) is 11.4 Å². The molecule has 0 saturated heterocycles. The molecule has 5 nitrogen and oxygen atoms in total. The topological polar surface area (TPSA) is 69.1 Å². The van der Waals surface area contributed by atoms with E-state index in [9.17, 15) is 0 Å². The van der Waals surface area contributed by atoms with Crippen LogP contribution < -0.4 is 5.73 Å². The SMILES string of the molecule is Cc1c(C)c2sccn2c1-c1cnc(N)nn1. The molecule has 3 aromatic heterocycles. The van der Waals surface area contributed by atoms with E-state index in [1.807, 2.05) is 6.20 Å². The monoisotopic (exact) mass is 245 g/mol. The van der Waals surface area contributed by atoms with Crippen LogP contribution in [-0.4, -0.2) is 19.6 Å². The molecular formula is C11H11N5S. The third-order valence-corrected chi connectivity index (χ3v) is 3.89. The van der Waals surface area contributed by atoms with Crippen molar-refractivity contribution in [2.45, 2.75) is 13.8 Å². The van der Waals surface area contributed by atoms with Gasteiger partial charge in [0.2, 0.25) is 5.95 Å². The van der Waals surface area contributed by atoms with Gasteiger partial charge in [0.25, 0.3) is 0 Å². The second-order valence-corrected chi connectivity index (χ2v) is 4.77. The summed E-state index contributed by atoms with van der Waals surface area (Å²) in [4.78, 5) is 5.22.